The van der Waals surface area contributed by atoms with E-state index in [0.29, 0.717) is 19.3 Å². The minimum absolute atomic E-state index is 0.0249. The Kier molecular flexibility index (Phi) is 35.6. The van der Waals surface area contributed by atoms with Gasteiger partial charge in [-0.25, -0.2) is 4.57 Å². The predicted octanol–water partition coefficient (Wildman–Crippen LogP) is 6.30. The number of hydrogen-bond acceptors (Lipinski definition) is 15. The number of rotatable bonds is 36. The Hall–Kier alpha value is -3.87. The molecule has 0 spiro atoms. The normalized spacial score (nSPS) is 23.5. The van der Waals surface area contributed by atoms with Crippen LogP contribution in [0, 0.1) is 0 Å². The van der Waals surface area contributed by atoms with E-state index in [-0.39, 0.29) is 25.7 Å². The maximum atomic E-state index is 12.8. The third kappa shape index (κ3) is 30.6. The first-order valence-electron chi connectivity index (χ1n) is 23.7. The van der Waals surface area contributed by atoms with E-state index in [1.165, 1.54) is 6.08 Å². The average Bonchev–Trinajstić information content (AvgIpc) is 3.31. The molecule has 384 valence electrons. The highest BCUT2D eigenvalue weighted by atomic mass is 31.2. The van der Waals surface area contributed by atoms with Gasteiger partial charge in [-0.1, -0.05) is 142 Å². The SMILES string of the molecule is CC/C=C\C/C=C\C/C=C\C/C=C\C/C=C\CCCCCC(=O)O[C@H](COC(=O)CCC[C@H](O)[C@@H](O)\C=C/C=C\C=C\C=C\[C@H](O)C/C=C\CC)COP(=O)(O)OC1[C@H](O)[C@H](O)C(O)[C@H](O)[C@H]1O. The molecule has 0 radical (unpaired) electrons. The first-order chi connectivity index (χ1) is 32.6. The summed E-state index contributed by atoms with van der Waals surface area (Å²) in [6.45, 7) is 2.65. The number of unbranched alkanes of at least 4 members (excludes halogenated alkanes) is 3. The highest BCUT2D eigenvalue weighted by Gasteiger charge is 2.51. The number of phosphoric ester groups is 1. The van der Waals surface area contributed by atoms with Crippen molar-refractivity contribution in [1.29, 1.82) is 0 Å². The molecular formula is C51H79O16P. The molecule has 17 heteroatoms. The van der Waals surface area contributed by atoms with Gasteiger partial charge in [0.15, 0.2) is 6.10 Å². The van der Waals surface area contributed by atoms with Crippen molar-refractivity contribution >= 4 is 19.8 Å². The summed E-state index contributed by atoms with van der Waals surface area (Å²) in [4.78, 5) is 35.8. The molecule has 1 aliphatic carbocycles. The minimum atomic E-state index is -5.22. The van der Waals surface area contributed by atoms with E-state index in [9.17, 15) is 59.9 Å². The van der Waals surface area contributed by atoms with Crippen molar-refractivity contribution < 1.29 is 78.4 Å². The zero-order valence-electron chi connectivity index (χ0n) is 39.7. The number of carbonyl (C=O) groups excluding carboxylic acids is 2. The Morgan fingerprint density at radius 1 is 0.574 bits per heavy atom. The fourth-order valence-electron chi connectivity index (χ4n) is 6.24. The maximum absolute atomic E-state index is 12.8. The van der Waals surface area contributed by atoms with Crippen molar-refractivity contribution in [3.63, 3.8) is 0 Å². The molecule has 9 N–H and O–H groups in total. The molecule has 0 aromatic carbocycles. The Labute approximate surface area is 403 Å². The fraction of sp³-hybridized carbons (Fsp3) is 0.569. The van der Waals surface area contributed by atoms with Crippen LogP contribution in [0.3, 0.4) is 0 Å². The highest BCUT2D eigenvalue weighted by Crippen LogP contribution is 2.47. The van der Waals surface area contributed by atoms with Crippen LogP contribution < -0.4 is 0 Å². The molecule has 1 rings (SSSR count). The number of carbonyl (C=O) groups is 2. The van der Waals surface area contributed by atoms with E-state index >= 15 is 0 Å². The van der Waals surface area contributed by atoms with Gasteiger partial charge < -0.3 is 55.2 Å². The van der Waals surface area contributed by atoms with Crippen molar-refractivity contribution in [3.8, 4) is 0 Å². The lowest BCUT2D eigenvalue weighted by atomic mass is 9.85. The van der Waals surface area contributed by atoms with E-state index in [0.717, 1.165) is 51.4 Å². The molecule has 3 unspecified atom stereocenters. The quantitative estimate of drug-likeness (QED) is 0.0110. The number of hydrogen-bond donors (Lipinski definition) is 9. The third-order valence-electron chi connectivity index (χ3n) is 10.1. The molecular weight excluding hydrogens is 900 g/mol. The van der Waals surface area contributed by atoms with Crippen LogP contribution in [-0.4, -0.2) is 132 Å². The van der Waals surface area contributed by atoms with Crippen LogP contribution in [0.4, 0.5) is 0 Å². The molecule has 0 saturated heterocycles. The molecule has 1 saturated carbocycles. The maximum Gasteiger partial charge on any atom is 0.472 e. The summed E-state index contributed by atoms with van der Waals surface area (Å²) in [5.74, 6) is -1.49. The van der Waals surface area contributed by atoms with Crippen LogP contribution in [0.15, 0.2) is 122 Å². The van der Waals surface area contributed by atoms with Crippen LogP contribution in [-0.2, 0) is 32.7 Å². The molecule has 0 heterocycles. The van der Waals surface area contributed by atoms with E-state index < -0.39 is 94.0 Å². The largest absolute Gasteiger partial charge is 0.472 e. The minimum Gasteiger partial charge on any atom is -0.462 e. The predicted molar refractivity (Wildman–Crippen MR) is 262 cm³/mol. The number of aliphatic hydroxyl groups excluding tert-OH is 8. The van der Waals surface area contributed by atoms with Gasteiger partial charge in [-0.3, -0.25) is 18.6 Å². The van der Waals surface area contributed by atoms with Crippen LogP contribution in [0.1, 0.15) is 110 Å². The van der Waals surface area contributed by atoms with Crippen molar-refractivity contribution in [3.05, 3.63) is 122 Å². The first kappa shape index (κ1) is 62.1. The summed E-state index contributed by atoms with van der Waals surface area (Å²) in [7, 11) is -5.22. The fourth-order valence-corrected chi connectivity index (χ4v) is 7.21. The Balaban J connectivity index is 2.63. The van der Waals surface area contributed by atoms with Crippen molar-refractivity contribution in [2.45, 2.75) is 171 Å². The van der Waals surface area contributed by atoms with Crippen molar-refractivity contribution in [1.82, 2.24) is 0 Å². The standard InChI is InChI=1S/C51H79O16P/c1-3-5-7-8-9-10-11-12-13-14-15-16-17-18-19-20-21-26-30-36-45(56)66-41(39-65-68(62,63)67-51-49(60)47(58)46(57)48(59)50(51)61)38-64-44(55)37-31-35-43(54)42(53)34-29-25-23-22-24-28-33-40(52)32-27-6-4-2/h5-7,9-10,12-13,15-16,18-19,22-25,27-29,33-34,40-43,46-54,57-61H,3-4,8,11,14,17,20-21,26,30-32,35-39H2,1-2H3,(H,62,63)/b7-5-,10-9-,13-12-,16-15-,19-18-,24-22+,25-23-,27-6-,33-28+,34-29-/t40-,41-,42+,43+,46?,47-,48+,49-,50-,51?/m1/s1. The number of allylic oxidation sites excluding steroid dienone is 17. The zero-order valence-corrected chi connectivity index (χ0v) is 40.6. The number of aliphatic hydroxyl groups is 8. The van der Waals surface area contributed by atoms with Crippen molar-refractivity contribution in [2.75, 3.05) is 13.2 Å². The van der Waals surface area contributed by atoms with E-state index in [2.05, 4.69) is 67.7 Å². The smallest absolute Gasteiger partial charge is 0.462 e. The van der Waals surface area contributed by atoms with Crippen molar-refractivity contribution in [2.24, 2.45) is 0 Å². The Bertz CT molecular complexity index is 1700. The van der Waals surface area contributed by atoms with Crippen LogP contribution in [0.25, 0.3) is 0 Å². The zero-order chi connectivity index (χ0) is 50.4. The number of phosphoric acid groups is 1. The van der Waals surface area contributed by atoms with Crippen LogP contribution in [0.2, 0.25) is 0 Å². The molecule has 0 bridgehead atoms. The average molecular weight is 979 g/mol. The molecule has 0 aromatic heterocycles. The Morgan fingerprint density at radius 2 is 1.07 bits per heavy atom. The second-order valence-electron chi connectivity index (χ2n) is 16.1. The molecule has 0 aromatic rings. The Morgan fingerprint density at radius 3 is 1.66 bits per heavy atom. The molecule has 1 aliphatic rings. The third-order valence-corrected chi connectivity index (χ3v) is 11.1. The second kappa shape index (κ2) is 38.9. The van der Waals surface area contributed by atoms with Gasteiger partial charge in [0.05, 0.1) is 24.9 Å². The highest BCUT2D eigenvalue weighted by molar-refractivity contribution is 7.47. The van der Waals surface area contributed by atoms with Gasteiger partial charge in [-0.05, 0) is 77.0 Å². The monoisotopic (exact) mass is 979 g/mol. The lowest BCUT2D eigenvalue weighted by Crippen LogP contribution is -2.64. The molecule has 68 heavy (non-hydrogen) atoms. The summed E-state index contributed by atoms with van der Waals surface area (Å²) in [5.41, 5.74) is 0. The second-order valence-corrected chi connectivity index (χ2v) is 17.5. The molecule has 11 atom stereocenters. The molecule has 0 amide bonds. The topological polar surface area (TPSA) is 270 Å². The number of ether oxygens (including phenoxy) is 2. The van der Waals surface area contributed by atoms with Gasteiger partial charge in [0.25, 0.3) is 0 Å². The lowest BCUT2D eigenvalue weighted by molar-refractivity contribution is -0.220. The van der Waals surface area contributed by atoms with Gasteiger partial charge in [0, 0.05) is 12.8 Å². The van der Waals surface area contributed by atoms with Gasteiger partial charge >= 0.3 is 19.8 Å². The van der Waals surface area contributed by atoms with E-state index in [1.54, 1.807) is 42.5 Å². The summed E-state index contributed by atoms with van der Waals surface area (Å²) in [5, 5.41) is 80.7. The van der Waals surface area contributed by atoms with Gasteiger partial charge in [-0.2, -0.15) is 0 Å². The summed E-state index contributed by atoms with van der Waals surface area (Å²) >= 11 is 0. The van der Waals surface area contributed by atoms with Crippen LogP contribution >= 0.6 is 7.82 Å². The molecule has 1 fully saturated rings. The summed E-state index contributed by atoms with van der Waals surface area (Å²) < 4.78 is 33.3. The first-order valence-corrected chi connectivity index (χ1v) is 25.2. The van der Waals surface area contributed by atoms with Gasteiger partial charge in [0.1, 0.15) is 43.2 Å². The van der Waals surface area contributed by atoms with Gasteiger partial charge in [-0.15, -0.1) is 0 Å². The summed E-state index contributed by atoms with van der Waals surface area (Å²) in [6.07, 6.45) is 30.2. The van der Waals surface area contributed by atoms with Crippen LogP contribution in [0.5, 0.6) is 0 Å². The molecule has 0 aliphatic heterocycles. The van der Waals surface area contributed by atoms with Gasteiger partial charge in [0.2, 0.25) is 0 Å². The van der Waals surface area contributed by atoms with E-state index in [4.69, 9.17) is 18.5 Å². The van der Waals surface area contributed by atoms with E-state index in [1.807, 2.05) is 19.1 Å². The molecule has 16 nitrogen and oxygen atoms in total. The lowest BCUT2D eigenvalue weighted by Gasteiger charge is -2.41. The summed E-state index contributed by atoms with van der Waals surface area (Å²) in [6, 6.07) is 0. The number of esters is 2.